The number of rotatable bonds is 1. The summed E-state index contributed by atoms with van der Waals surface area (Å²) in [4.78, 5) is 13.3. The van der Waals surface area contributed by atoms with Crippen molar-refractivity contribution in [2.75, 3.05) is 11.4 Å². The molecule has 1 aliphatic heterocycles. The molecule has 5 heteroatoms. The number of anilines is 1. The van der Waals surface area contributed by atoms with Gasteiger partial charge in [-0.2, -0.15) is 17.9 Å². The van der Waals surface area contributed by atoms with Crippen molar-refractivity contribution in [3.8, 4) is 6.07 Å². The summed E-state index contributed by atoms with van der Waals surface area (Å²) in [6.45, 7) is 0.500. The predicted octanol–water partition coefficient (Wildman–Crippen LogP) is 2.25. The summed E-state index contributed by atoms with van der Waals surface area (Å²) in [6.07, 6.45) is 0.388. The fourth-order valence-electron chi connectivity index (χ4n) is 1.78. The average molecular weight is 253 g/mol. The number of thiol groups is 1. The van der Waals surface area contributed by atoms with E-state index in [4.69, 9.17) is 16.9 Å². The highest BCUT2D eigenvalue weighted by Crippen LogP contribution is 2.33. The van der Waals surface area contributed by atoms with E-state index < -0.39 is 0 Å². The van der Waals surface area contributed by atoms with Crippen LogP contribution in [-0.4, -0.2) is 17.7 Å². The Kier molecular flexibility index (Phi) is 3.08. The maximum Gasteiger partial charge on any atom is 0.228 e. The number of halogens is 1. The van der Waals surface area contributed by atoms with E-state index in [1.165, 1.54) is 0 Å². The first-order valence-electron chi connectivity index (χ1n) is 4.80. The number of benzene rings is 1. The van der Waals surface area contributed by atoms with Crippen molar-refractivity contribution in [1.29, 1.82) is 5.26 Å². The van der Waals surface area contributed by atoms with Gasteiger partial charge in [-0.15, -0.1) is 0 Å². The number of hydrogen-bond acceptors (Lipinski definition) is 3. The van der Waals surface area contributed by atoms with Crippen LogP contribution in [0.3, 0.4) is 0 Å². The van der Waals surface area contributed by atoms with E-state index in [2.05, 4.69) is 12.6 Å². The highest BCUT2D eigenvalue weighted by Gasteiger charge is 2.31. The van der Waals surface area contributed by atoms with E-state index in [0.29, 0.717) is 29.2 Å². The standard InChI is InChI=1S/C11H9ClN2OS/c12-9-3-1-2-7(5-13)11(9)14-6-8(16)4-10(14)15/h1-3,8,16H,4,6H2. The second kappa shape index (κ2) is 4.36. The van der Waals surface area contributed by atoms with Gasteiger partial charge in [-0.25, -0.2) is 0 Å². The topological polar surface area (TPSA) is 44.1 Å². The van der Waals surface area contributed by atoms with E-state index >= 15 is 0 Å². The zero-order valence-corrected chi connectivity index (χ0v) is 10.0. The van der Waals surface area contributed by atoms with Gasteiger partial charge in [-0.3, -0.25) is 4.79 Å². The molecule has 0 saturated carbocycles. The molecule has 1 amide bonds. The number of hydrogen-bond donors (Lipinski definition) is 1. The molecule has 1 saturated heterocycles. The van der Waals surface area contributed by atoms with Gasteiger partial charge in [0.15, 0.2) is 0 Å². The Hall–Kier alpha value is -1.18. The summed E-state index contributed by atoms with van der Waals surface area (Å²) in [7, 11) is 0. The molecule has 0 spiro atoms. The molecule has 1 heterocycles. The molecule has 1 unspecified atom stereocenters. The largest absolute Gasteiger partial charge is 0.309 e. The van der Waals surface area contributed by atoms with Gasteiger partial charge < -0.3 is 4.90 Å². The van der Waals surface area contributed by atoms with Crippen LogP contribution in [0, 0.1) is 11.3 Å². The Morgan fingerprint density at radius 2 is 2.31 bits per heavy atom. The van der Waals surface area contributed by atoms with Gasteiger partial charge in [-0.05, 0) is 12.1 Å². The van der Waals surface area contributed by atoms with Crippen LogP contribution in [0.1, 0.15) is 12.0 Å². The van der Waals surface area contributed by atoms with Crippen LogP contribution >= 0.6 is 24.2 Å². The lowest BCUT2D eigenvalue weighted by molar-refractivity contribution is -0.117. The SMILES string of the molecule is N#Cc1cccc(Cl)c1N1CC(S)CC1=O. The maximum atomic E-state index is 11.7. The molecule has 1 fully saturated rings. The third kappa shape index (κ3) is 1.89. The van der Waals surface area contributed by atoms with Crippen molar-refractivity contribution in [1.82, 2.24) is 0 Å². The number of nitrogens with zero attached hydrogens (tertiary/aromatic N) is 2. The molecule has 1 aromatic carbocycles. The van der Waals surface area contributed by atoms with Gasteiger partial charge in [-0.1, -0.05) is 17.7 Å². The van der Waals surface area contributed by atoms with Crippen LogP contribution in [-0.2, 0) is 4.79 Å². The summed E-state index contributed by atoms with van der Waals surface area (Å²) in [5.74, 6) is -0.0374. The lowest BCUT2D eigenvalue weighted by Crippen LogP contribution is -2.25. The minimum atomic E-state index is -0.0374. The van der Waals surface area contributed by atoms with Gasteiger partial charge in [0.2, 0.25) is 5.91 Å². The summed E-state index contributed by atoms with van der Waals surface area (Å²) >= 11 is 10.3. The molecule has 0 N–H and O–H groups in total. The third-order valence-corrected chi connectivity index (χ3v) is 3.13. The molecule has 82 valence electrons. The van der Waals surface area contributed by atoms with Crippen LogP contribution in [0.15, 0.2) is 18.2 Å². The molecule has 16 heavy (non-hydrogen) atoms. The molecule has 0 aromatic heterocycles. The van der Waals surface area contributed by atoms with Gasteiger partial charge >= 0.3 is 0 Å². The average Bonchev–Trinajstić information content (AvgIpc) is 2.57. The highest BCUT2D eigenvalue weighted by atomic mass is 35.5. The Bertz CT molecular complexity index is 483. The molecule has 0 aliphatic carbocycles. The van der Waals surface area contributed by atoms with Crippen LogP contribution in [0.5, 0.6) is 0 Å². The molecular formula is C11H9ClN2OS. The Morgan fingerprint density at radius 3 is 2.88 bits per heavy atom. The summed E-state index contributed by atoms with van der Waals surface area (Å²) < 4.78 is 0. The van der Waals surface area contributed by atoms with Crippen molar-refractivity contribution in [3.05, 3.63) is 28.8 Å². The first-order chi connectivity index (χ1) is 7.63. The summed E-state index contributed by atoms with van der Waals surface area (Å²) in [6, 6.07) is 7.07. The molecule has 0 bridgehead atoms. The van der Waals surface area contributed by atoms with Crippen molar-refractivity contribution in [2.45, 2.75) is 11.7 Å². The van der Waals surface area contributed by atoms with Gasteiger partial charge in [0.05, 0.1) is 16.3 Å². The number of nitriles is 1. The van der Waals surface area contributed by atoms with Crippen LogP contribution in [0.4, 0.5) is 5.69 Å². The molecular weight excluding hydrogens is 244 g/mol. The van der Waals surface area contributed by atoms with E-state index in [-0.39, 0.29) is 11.2 Å². The summed E-state index contributed by atoms with van der Waals surface area (Å²) in [5, 5.41) is 9.42. The summed E-state index contributed by atoms with van der Waals surface area (Å²) in [5.41, 5.74) is 0.927. The third-order valence-electron chi connectivity index (χ3n) is 2.48. The maximum absolute atomic E-state index is 11.7. The van der Waals surface area contributed by atoms with Crippen LogP contribution in [0.25, 0.3) is 0 Å². The Morgan fingerprint density at radius 1 is 1.56 bits per heavy atom. The normalized spacial score (nSPS) is 19.9. The van der Waals surface area contributed by atoms with E-state index in [1.807, 2.05) is 6.07 Å². The fourth-order valence-corrected chi connectivity index (χ4v) is 2.38. The van der Waals surface area contributed by atoms with E-state index in [9.17, 15) is 4.79 Å². The van der Waals surface area contributed by atoms with E-state index in [1.54, 1.807) is 23.1 Å². The van der Waals surface area contributed by atoms with Crippen molar-refractivity contribution >= 4 is 35.8 Å². The van der Waals surface area contributed by atoms with Gasteiger partial charge in [0.25, 0.3) is 0 Å². The number of amides is 1. The van der Waals surface area contributed by atoms with Crippen molar-refractivity contribution in [2.24, 2.45) is 0 Å². The van der Waals surface area contributed by atoms with E-state index in [0.717, 1.165) is 0 Å². The minimum absolute atomic E-state index is 0.00955. The molecule has 1 aromatic rings. The van der Waals surface area contributed by atoms with Gasteiger partial charge in [0.1, 0.15) is 6.07 Å². The predicted molar refractivity (Wildman–Crippen MR) is 65.9 cm³/mol. The van der Waals surface area contributed by atoms with Gasteiger partial charge in [0, 0.05) is 18.2 Å². The molecule has 0 radical (unpaired) electrons. The Balaban J connectivity index is 2.48. The smallest absolute Gasteiger partial charge is 0.228 e. The van der Waals surface area contributed by atoms with Crippen molar-refractivity contribution in [3.63, 3.8) is 0 Å². The zero-order valence-electron chi connectivity index (χ0n) is 8.35. The second-order valence-electron chi connectivity index (χ2n) is 3.61. The second-order valence-corrected chi connectivity index (χ2v) is 4.75. The lowest BCUT2D eigenvalue weighted by Gasteiger charge is -2.18. The zero-order chi connectivity index (χ0) is 11.7. The van der Waals surface area contributed by atoms with Crippen molar-refractivity contribution < 1.29 is 4.79 Å². The van der Waals surface area contributed by atoms with Crippen LogP contribution < -0.4 is 4.90 Å². The highest BCUT2D eigenvalue weighted by molar-refractivity contribution is 7.81. The van der Waals surface area contributed by atoms with Crippen LogP contribution in [0.2, 0.25) is 5.02 Å². The molecule has 1 atom stereocenters. The number of carbonyl (C=O) groups is 1. The quantitative estimate of drug-likeness (QED) is 0.779. The molecule has 1 aliphatic rings. The minimum Gasteiger partial charge on any atom is -0.309 e. The number of carbonyl (C=O) groups excluding carboxylic acids is 1. The monoisotopic (exact) mass is 252 g/mol. The molecule has 3 nitrogen and oxygen atoms in total. The first kappa shape index (κ1) is 11.3. The Labute approximate surface area is 104 Å². The number of para-hydroxylation sites is 1. The first-order valence-corrected chi connectivity index (χ1v) is 5.70. The molecule has 2 rings (SSSR count). The lowest BCUT2D eigenvalue weighted by atomic mass is 10.2. The fraction of sp³-hybridized carbons (Fsp3) is 0.273.